The normalized spacial score (nSPS) is 14.3. The first-order valence-electron chi connectivity index (χ1n) is 12.2. The first-order valence-corrected chi connectivity index (χ1v) is 12.6. The van der Waals surface area contributed by atoms with Gasteiger partial charge in [-0.2, -0.15) is 0 Å². The van der Waals surface area contributed by atoms with Crippen LogP contribution in [0.25, 0.3) is 6.08 Å². The molecule has 1 aliphatic heterocycles. The first-order chi connectivity index (χ1) is 19.0. The van der Waals surface area contributed by atoms with E-state index in [0.717, 1.165) is 16.0 Å². The molecule has 0 radical (unpaired) electrons. The van der Waals surface area contributed by atoms with Gasteiger partial charge in [0.15, 0.2) is 18.1 Å². The average molecular weight is 566 g/mol. The minimum absolute atomic E-state index is 0.0540. The minimum atomic E-state index is -0.859. The number of urea groups is 1. The predicted octanol–water partition coefficient (Wildman–Crippen LogP) is 5.18. The summed E-state index contributed by atoms with van der Waals surface area (Å²) in [6, 6.07) is 12.5. The number of nitrogens with zero attached hydrogens (tertiary/aromatic N) is 1. The highest BCUT2D eigenvalue weighted by Gasteiger charge is 2.37. The molecule has 0 saturated carbocycles. The molecule has 1 fully saturated rings. The van der Waals surface area contributed by atoms with E-state index in [1.807, 2.05) is 19.9 Å². The summed E-state index contributed by atoms with van der Waals surface area (Å²) in [7, 11) is 0. The molecular formula is C29H25ClFN3O6. The quantitative estimate of drug-likeness (QED) is 0.287. The van der Waals surface area contributed by atoms with Crippen molar-refractivity contribution in [3.8, 4) is 11.5 Å². The molecular weight excluding hydrogens is 541 g/mol. The van der Waals surface area contributed by atoms with Crippen LogP contribution in [0, 0.1) is 19.7 Å². The summed E-state index contributed by atoms with van der Waals surface area (Å²) in [5.41, 5.74) is 2.43. The van der Waals surface area contributed by atoms with E-state index in [9.17, 15) is 23.6 Å². The van der Waals surface area contributed by atoms with Crippen molar-refractivity contribution in [1.82, 2.24) is 5.32 Å². The third kappa shape index (κ3) is 6.47. The Bertz CT molecular complexity index is 1520. The van der Waals surface area contributed by atoms with E-state index in [2.05, 4.69) is 10.6 Å². The number of aryl methyl sites for hydroxylation is 2. The summed E-state index contributed by atoms with van der Waals surface area (Å²) in [4.78, 5) is 51.7. The number of barbiturate groups is 1. The van der Waals surface area contributed by atoms with Crippen molar-refractivity contribution in [2.75, 3.05) is 23.4 Å². The maximum atomic E-state index is 13.3. The van der Waals surface area contributed by atoms with Crippen molar-refractivity contribution >= 4 is 52.8 Å². The lowest BCUT2D eigenvalue weighted by Crippen LogP contribution is -2.54. The van der Waals surface area contributed by atoms with E-state index in [0.29, 0.717) is 16.9 Å². The first kappa shape index (κ1) is 28.3. The fourth-order valence-electron chi connectivity index (χ4n) is 4.08. The van der Waals surface area contributed by atoms with Crippen LogP contribution in [0.15, 0.2) is 60.2 Å². The number of hydrogen-bond donors (Lipinski definition) is 2. The van der Waals surface area contributed by atoms with Gasteiger partial charge in [0.1, 0.15) is 11.4 Å². The Morgan fingerprint density at radius 3 is 2.35 bits per heavy atom. The maximum absolute atomic E-state index is 13.3. The van der Waals surface area contributed by atoms with Gasteiger partial charge in [-0.05, 0) is 92.1 Å². The largest absolute Gasteiger partial charge is 0.490 e. The number of ether oxygens (including phenoxy) is 2. The van der Waals surface area contributed by atoms with Gasteiger partial charge < -0.3 is 14.8 Å². The molecule has 9 nitrogen and oxygen atoms in total. The number of hydrogen-bond acceptors (Lipinski definition) is 6. The molecule has 0 atom stereocenters. The van der Waals surface area contributed by atoms with Crippen molar-refractivity contribution < 1.29 is 33.0 Å². The van der Waals surface area contributed by atoms with Gasteiger partial charge in [-0.1, -0.05) is 17.7 Å². The smallest absolute Gasteiger partial charge is 0.335 e. The molecule has 3 aromatic rings. The molecule has 0 bridgehead atoms. The Morgan fingerprint density at radius 1 is 1.02 bits per heavy atom. The Hall–Kier alpha value is -4.70. The summed E-state index contributed by atoms with van der Waals surface area (Å²) >= 11 is 6.45. The number of carbonyl (C=O) groups excluding carboxylic acids is 4. The van der Waals surface area contributed by atoms with E-state index in [4.69, 9.17) is 21.1 Å². The van der Waals surface area contributed by atoms with Crippen LogP contribution in [0.5, 0.6) is 11.5 Å². The topological polar surface area (TPSA) is 114 Å². The van der Waals surface area contributed by atoms with E-state index in [1.54, 1.807) is 19.1 Å². The second kappa shape index (κ2) is 12.0. The molecule has 11 heteroatoms. The highest BCUT2D eigenvalue weighted by atomic mass is 35.5. The molecule has 1 saturated heterocycles. The van der Waals surface area contributed by atoms with E-state index < -0.39 is 36.2 Å². The highest BCUT2D eigenvalue weighted by molar-refractivity contribution is 6.39. The van der Waals surface area contributed by atoms with Gasteiger partial charge in [0.25, 0.3) is 17.7 Å². The van der Waals surface area contributed by atoms with Gasteiger partial charge in [0.2, 0.25) is 0 Å². The molecule has 1 heterocycles. The minimum Gasteiger partial charge on any atom is -0.490 e. The lowest BCUT2D eigenvalue weighted by atomic mass is 10.0. The van der Waals surface area contributed by atoms with Gasteiger partial charge in [-0.15, -0.1) is 0 Å². The molecule has 1 aliphatic rings. The van der Waals surface area contributed by atoms with E-state index in [-0.39, 0.29) is 28.7 Å². The zero-order valence-electron chi connectivity index (χ0n) is 21.8. The summed E-state index contributed by atoms with van der Waals surface area (Å²) in [6.07, 6.45) is 1.29. The lowest BCUT2D eigenvalue weighted by molar-refractivity contribution is -0.122. The second-order valence-electron chi connectivity index (χ2n) is 8.91. The Balaban J connectivity index is 1.59. The predicted molar refractivity (Wildman–Crippen MR) is 148 cm³/mol. The summed E-state index contributed by atoms with van der Waals surface area (Å²) in [5.74, 6) is -2.37. The van der Waals surface area contributed by atoms with Crippen molar-refractivity contribution in [3.05, 3.63) is 87.7 Å². The van der Waals surface area contributed by atoms with Crippen molar-refractivity contribution in [1.29, 1.82) is 0 Å². The summed E-state index contributed by atoms with van der Waals surface area (Å²) in [5, 5.41) is 4.82. The molecule has 0 aliphatic carbocycles. The number of benzene rings is 3. The monoisotopic (exact) mass is 565 g/mol. The zero-order valence-corrected chi connectivity index (χ0v) is 22.6. The number of imide groups is 2. The van der Waals surface area contributed by atoms with Crippen LogP contribution >= 0.6 is 11.6 Å². The van der Waals surface area contributed by atoms with Crippen LogP contribution in [0.3, 0.4) is 0 Å². The number of nitrogens with one attached hydrogen (secondary N) is 2. The molecule has 5 amide bonds. The lowest BCUT2D eigenvalue weighted by Gasteiger charge is -2.27. The molecule has 3 aromatic carbocycles. The van der Waals surface area contributed by atoms with Crippen molar-refractivity contribution in [3.63, 3.8) is 0 Å². The second-order valence-corrected chi connectivity index (χ2v) is 9.32. The Morgan fingerprint density at radius 2 is 1.70 bits per heavy atom. The van der Waals surface area contributed by atoms with Crippen LogP contribution in [0.4, 0.5) is 20.6 Å². The number of amides is 5. The van der Waals surface area contributed by atoms with Crippen LogP contribution in [-0.2, 0) is 14.4 Å². The SMILES string of the molecule is CCOc1cc(/C=C2\C(=O)NC(=O)N(c3cc(C)cc(C)c3)C2=O)cc(Cl)c1OCC(=O)Nc1ccc(F)cc1. The number of anilines is 2. The number of rotatable bonds is 8. The summed E-state index contributed by atoms with van der Waals surface area (Å²) < 4.78 is 24.3. The summed E-state index contributed by atoms with van der Waals surface area (Å²) in [6.45, 7) is 5.19. The molecule has 40 heavy (non-hydrogen) atoms. The Labute approximate surface area is 234 Å². The molecule has 0 aromatic heterocycles. The highest BCUT2D eigenvalue weighted by Crippen LogP contribution is 2.37. The van der Waals surface area contributed by atoms with Crippen LogP contribution in [0.1, 0.15) is 23.6 Å². The number of halogens is 2. The number of carbonyl (C=O) groups is 4. The van der Waals surface area contributed by atoms with Crippen molar-refractivity contribution in [2.24, 2.45) is 0 Å². The molecule has 206 valence electrons. The van der Waals surface area contributed by atoms with E-state index in [1.165, 1.54) is 42.5 Å². The van der Waals surface area contributed by atoms with Gasteiger partial charge in [0, 0.05) is 5.69 Å². The molecule has 4 rings (SSSR count). The molecule has 2 N–H and O–H groups in total. The van der Waals surface area contributed by atoms with Crippen LogP contribution in [-0.4, -0.2) is 37.0 Å². The van der Waals surface area contributed by atoms with Crippen LogP contribution in [0.2, 0.25) is 5.02 Å². The van der Waals surface area contributed by atoms with E-state index >= 15 is 0 Å². The van der Waals surface area contributed by atoms with Crippen LogP contribution < -0.4 is 25.0 Å². The van der Waals surface area contributed by atoms with Gasteiger partial charge >= 0.3 is 6.03 Å². The molecule has 0 unspecified atom stereocenters. The zero-order chi connectivity index (χ0) is 29.0. The van der Waals surface area contributed by atoms with Gasteiger partial charge in [-0.25, -0.2) is 14.1 Å². The van der Waals surface area contributed by atoms with Gasteiger partial charge in [0.05, 0.1) is 17.3 Å². The Kier molecular flexibility index (Phi) is 8.49. The fourth-order valence-corrected chi connectivity index (χ4v) is 4.35. The van der Waals surface area contributed by atoms with Crippen molar-refractivity contribution in [2.45, 2.75) is 20.8 Å². The third-order valence-corrected chi connectivity index (χ3v) is 5.97. The molecule has 0 spiro atoms. The average Bonchev–Trinajstić information content (AvgIpc) is 2.87. The standard InChI is InChI=1S/C29H25ClFN3O6/c1-4-39-24-14-18(13-23(30)26(24)40-15-25(35)32-20-7-5-19(31)6-8-20)12-22-27(36)33-29(38)34(28(22)37)21-10-16(2)9-17(3)11-21/h5-14H,4,15H2,1-3H3,(H,32,35)(H,33,36,38)/b22-12+. The fraction of sp³-hybridized carbons (Fsp3) is 0.172. The third-order valence-electron chi connectivity index (χ3n) is 5.68. The van der Waals surface area contributed by atoms with Gasteiger partial charge in [-0.3, -0.25) is 19.7 Å². The maximum Gasteiger partial charge on any atom is 0.335 e.